The number of fused-ring (bicyclic) bond motifs is 7. The Morgan fingerprint density at radius 2 is 1.77 bits per heavy atom. The van der Waals surface area contributed by atoms with Gasteiger partial charge in [0.25, 0.3) is 0 Å². The molecule has 3 N–H and O–H groups in total. The Morgan fingerprint density at radius 3 is 2.48 bits per heavy atom. The van der Waals surface area contributed by atoms with Gasteiger partial charge in [0, 0.05) is 23.2 Å². The number of hydrogen-bond donors (Lipinski definition) is 3. The molecule has 10 heteroatoms. The lowest BCUT2D eigenvalue weighted by Crippen LogP contribution is -2.70. The molecule has 8 nitrogen and oxygen atoms in total. The minimum atomic E-state index is -2.31. The highest BCUT2D eigenvalue weighted by molar-refractivity contribution is 6.01. The summed E-state index contributed by atoms with van der Waals surface area (Å²) in [5.41, 5.74) is -5.02. The van der Waals surface area contributed by atoms with Crippen molar-refractivity contribution in [1.82, 2.24) is 0 Å². The first-order valence-electron chi connectivity index (χ1n) is 15.1. The molecule has 3 saturated carbocycles. The first kappa shape index (κ1) is 29.7. The van der Waals surface area contributed by atoms with Gasteiger partial charge in [-0.3, -0.25) is 9.59 Å². The van der Waals surface area contributed by atoms with Crippen molar-refractivity contribution in [3.63, 3.8) is 0 Å². The van der Waals surface area contributed by atoms with Gasteiger partial charge in [0.1, 0.15) is 18.5 Å². The number of aliphatic hydroxyl groups is 3. The van der Waals surface area contributed by atoms with E-state index >= 15 is 8.78 Å². The van der Waals surface area contributed by atoms with Gasteiger partial charge in [-0.05, 0) is 73.1 Å². The van der Waals surface area contributed by atoms with Crippen LogP contribution in [-0.4, -0.2) is 63.1 Å². The number of allylic oxidation sites excluding steroid dienone is 4. The van der Waals surface area contributed by atoms with Gasteiger partial charge >= 0.3 is 0 Å². The molecule has 1 aromatic carbocycles. The number of benzene rings is 1. The van der Waals surface area contributed by atoms with Crippen molar-refractivity contribution in [2.45, 2.75) is 82.1 Å². The average molecular weight is 611 g/mol. The van der Waals surface area contributed by atoms with Crippen molar-refractivity contribution in [3.8, 4) is 0 Å². The molecule has 2 heterocycles. The van der Waals surface area contributed by atoms with Crippen LogP contribution in [0.2, 0.25) is 0 Å². The summed E-state index contributed by atoms with van der Waals surface area (Å²) in [6.07, 6.45) is -1.34. The van der Waals surface area contributed by atoms with Crippen LogP contribution in [0.4, 0.5) is 8.78 Å². The van der Waals surface area contributed by atoms with Gasteiger partial charge in [0.05, 0.1) is 18.8 Å². The quantitative estimate of drug-likeness (QED) is 0.448. The summed E-state index contributed by atoms with van der Waals surface area (Å²) < 4.78 is 52.2. The van der Waals surface area contributed by atoms with E-state index in [4.69, 9.17) is 13.9 Å². The number of furan rings is 1. The molecule has 4 aliphatic carbocycles. The van der Waals surface area contributed by atoms with Crippen LogP contribution in [0.1, 0.15) is 62.0 Å². The zero-order chi connectivity index (χ0) is 31.2. The van der Waals surface area contributed by atoms with Crippen LogP contribution >= 0.6 is 0 Å². The lowest BCUT2D eigenvalue weighted by Gasteiger charge is -2.63. The minimum Gasteiger partial charge on any atom is -0.460 e. The first-order chi connectivity index (χ1) is 20.9. The number of rotatable bonds is 6. The van der Waals surface area contributed by atoms with Crippen LogP contribution in [-0.2, 0) is 32.1 Å². The van der Waals surface area contributed by atoms with Crippen LogP contribution in [0.25, 0.3) is 0 Å². The maximum absolute atomic E-state index is 17.5. The third kappa shape index (κ3) is 3.78. The maximum atomic E-state index is 17.5. The largest absolute Gasteiger partial charge is 0.460 e. The zero-order valence-corrected chi connectivity index (χ0v) is 24.5. The van der Waals surface area contributed by atoms with Crippen LogP contribution in [0.3, 0.4) is 0 Å². The van der Waals surface area contributed by atoms with E-state index < -0.39 is 76.8 Å². The molecular weight excluding hydrogens is 574 g/mol. The second-order valence-corrected chi connectivity index (χ2v) is 13.4. The molecule has 44 heavy (non-hydrogen) atoms. The molecule has 2 aromatic rings. The third-order valence-corrected chi connectivity index (χ3v) is 11.4. The van der Waals surface area contributed by atoms with E-state index in [2.05, 4.69) is 0 Å². The normalized spacial score (nSPS) is 42.3. The van der Waals surface area contributed by atoms with Crippen molar-refractivity contribution in [3.05, 3.63) is 82.8 Å². The molecule has 5 aliphatic rings. The summed E-state index contributed by atoms with van der Waals surface area (Å²) in [6.45, 7) is 2.36. The molecule has 1 saturated heterocycles. The number of Topliss-reactive ketones (excluding diaryl/α,β-unsaturated/α-hetero) is 1. The van der Waals surface area contributed by atoms with Gasteiger partial charge in [-0.1, -0.05) is 37.3 Å². The SMILES string of the molecule is C[C@]12C=CC(=O)C=C1[C@@H](F)C[C@H]1[C@@H]3C[C@H]4O[C@@H](c5ccc(Cc6ccc(CO)cc6)o5)O[C@@]4(C(=O)CO)[C@@]3(C)C[C@H](O)[C@@]12F. The highest BCUT2D eigenvalue weighted by Gasteiger charge is 2.80. The molecule has 7 rings (SSSR count). The molecule has 0 amide bonds. The van der Waals surface area contributed by atoms with Crippen LogP contribution in [0.5, 0.6) is 0 Å². The summed E-state index contributed by atoms with van der Waals surface area (Å²) in [6, 6.07) is 10.9. The van der Waals surface area contributed by atoms with Crippen molar-refractivity contribution < 1.29 is 47.6 Å². The summed E-state index contributed by atoms with van der Waals surface area (Å²) in [4.78, 5) is 25.8. The molecule has 0 radical (unpaired) electrons. The Kier molecular flexibility index (Phi) is 6.74. The number of carbonyl (C=O) groups is 2. The molecule has 0 unspecified atom stereocenters. The van der Waals surface area contributed by atoms with E-state index in [1.807, 2.05) is 24.3 Å². The molecular formula is C34H36F2O8. The Hall–Kier alpha value is -3.02. The predicted octanol–water partition coefficient (Wildman–Crippen LogP) is 4.01. The average Bonchev–Trinajstić information content (AvgIpc) is 3.69. The van der Waals surface area contributed by atoms with Gasteiger partial charge in [-0.15, -0.1) is 0 Å². The van der Waals surface area contributed by atoms with E-state index in [0.29, 0.717) is 17.9 Å². The summed E-state index contributed by atoms with van der Waals surface area (Å²) in [5, 5.41) is 31.1. The van der Waals surface area contributed by atoms with Gasteiger partial charge in [-0.25, -0.2) is 8.78 Å². The topological polar surface area (TPSA) is 126 Å². The second-order valence-electron chi connectivity index (χ2n) is 13.4. The van der Waals surface area contributed by atoms with Crippen molar-refractivity contribution in [2.75, 3.05) is 6.61 Å². The van der Waals surface area contributed by atoms with Gasteiger partial charge in [0.15, 0.2) is 28.6 Å². The Balaban J connectivity index is 1.21. The minimum absolute atomic E-state index is 0.0243. The van der Waals surface area contributed by atoms with Crippen molar-refractivity contribution in [1.29, 1.82) is 0 Å². The molecule has 0 bridgehead atoms. The fourth-order valence-corrected chi connectivity index (χ4v) is 9.27. The van der Waals surface area contributed by atoms with E-state index in [1.54, 1.807) is 19.1 Å². The van der Waals surface area contributed by atoms with Crippen molar-refractivity contribution >= 4 is 11.6 Å². The zero-order valence-electron chi connectivity index (χ0n) is 24.5. The molecule has 4 fully saturated rings. The lowest BCUT2D eigenvalue weighted by atomic mass is 9.44. The van der Waals surface area contributed by atoms with E-state index in [0.717, 1.165) is 17.2 Å². The van der Waals surface area contributed by atoms with Gasteiger partial charge in [-0.2, -0.15) is 0 Å². The predicted molar refractivity (Wildman–Crippen MR) is 151 cm³/mol. The lowest BCUT2D eigenvalue weighted by molar-refractivity contribution is -0.236. The van der Waals surface area contributed by atoms with Gasteiger partial charge in [0.2, 0.25) is 6.29 Å². The van der Waals surface area contributed by atoms with Crippen LogP contribution in [0, 0.1) is 22.7 Å². The highest BCUT2D eigenvalue weighted by Crippen LogP contribution is 2.72. The molecule has 234 valence electrons. The number of alkyl halides is 2. The Morgan fingerprint density at radius 1 is 1.05 bits per heavy atom. The second kappa shape index (κ2) is 9.99. The number of aliphatic hydroxyl groups excluding tert-OH is 3. The standard InChI is InChI=1S/C34H36F2O8/c1-31-10-9-20(39)12-24(31)25(35)13-23-22-14-29-34(28(41)17-38,32(22,2)15-27(40)33(23,31)36)44-30(43-29)26-8-7-21(42-26)11-18-3-5-19(16-37)6-4-18/h3-10,12,22-23,25,27,29-30,37-38,40H,11,13-17H2,1-2H3/t22-,23-,25-,27-,29+,30+,31-,32-,33-,34+/m0/s1. The van der Waals surface area contributed by atoms with Crippen LogP contribution < -0.4 is 0 Å². The van der Waals surface area contributed by atoms with Crippen molar-refractivity contribution in [2.24, 2.45) is 22.7 Å². The fraction of sp³-hybridized carbons (Fsp3) is 0.529. The molecule has 1 aliphatic heterocycles. The highest BCUT2D eigenvalue weighted by atomic mass is 19.1. The Bertz CT molecular complexity index is 1560. The summed E-state index contributed by atoms with van der Waals surface area (Å²) >= 11 is 0. The molecule has 0 spiro atoms. The third-order valence-electron chi connectivity index (χ3n) is 11.4. The maximum Gasteiger partial charge on any atom is 0.218 e. The number of ketones is 2. The smallest absolute Gasteiger partial charge is 0.218 e. The monoisotopic (exact) mass is 610 g/mol. The summed E-state index contributed by atoms with van der Waals surface area (Å²) in [7, 11) is 0. The Labute approximate surface area is 253 Å². The van der Waals surface area contributed by atoms with Crippen LogP contribution in [0.15, 0.2) is 64.6 Å². The molecule has 10 atom stereocenters. The summed E-state index contributed by atoms with van der Waals surface area (Å²) in [5.74, 6) is -1.77. The number of hydrogen-bond acceptors (Lipinski definition) is 8. The number of halogens is 2. The molecule has 1 aromatic heterocycles. The fourth-order valence-electron chi connectivity index (χ4n) is 9.27. The van der Waals surface area contributed by atoms with E-state index in [9.17, 15) is 24.9 Å². The van der Waals surface area contributed by atoms with E-state index in [-0.39, 0.29) is 31.4 Å². The first-order valence-corrected chi connectivity index (χ1v) is 15.1. The number of ether oxygens (including phenoxy) is 2. The van der Waals surface area contributed by atoms with Gasteiger partial charge < -0.3 is 29.2 Å². The van der Waals surface area contributed by atoms with E-state index in [1.165, 1.54) is 19.1 Å². The number of carbonyl (C=O) groups excluding carboxylic acids is 2.